The second kappa shape index (κ2) is 5.29. The van der Waals surface area contributed by atoms with Gasteiger partial charge in [-0.25, -0.2) is 4.39 Å². The van der Waals surface area contributed by atoms with Gasteiger partial charge in [-0.3, -0.25) is 0 Å². The lowest BCUT2D eigenvalue weighted by Gasteiger charge is -2.46. The Balaban J connectivity index is 2.12. The molecule has 1 unspecified atom stereocenters. The largest absolute Gasteiger partial charge is 0.384 e. The molecule has 1 fully saturated rings. The standard InChI is InChI=1S/C18H25BrFNO/c1-11-15(20)9-14-13(16(11)19)10-17(2,3)18(14,22)12-5-7-21(4)8-6-12/h9,12,22H,5-8,10H2,1-4H3. The van der Waals surface area contributed by atoms with Gasteiger partial charge < -0.3 is 10.0 Å². The summed E-state index contributed by atoms with van der Waals surface area (Å²) in [5.74, 6) is -0.0383. The van der Waals surface area contributed by atoms with E-state index in [2.05, 4.69) is 41.7 Å². The van der Waals surface area contributed by atoms with E-state index in [1.165, 1.54) is 0 Å². The summed E-state index contributed by atoms with van der Waals surface area (Å²) in [5, 5.41) is 11.7. The van der Waals surface area contributed by atoms with Gasteiger partial charge in [0.05, 0.1) is 5.60 Å². The minimum absolute atomic E-state index is 0.189. The summed E-state index contributed by atoms with van der Waals surface area (Å²) in [6, 6.07) is 1.59. The molecular formula is C18H25BrFNO. The molecule has 1 atom stereocenters. The first kappa shape index (κ1) is 16.4. The molecule has 0 saturated carbocycles. The van der Waals surface area contributed by atoms with Gasteiger partial charge in [0.15, 0.2) is 0 Å². The summed E-state index contributed by atoms with van der Waals surface area (Å²) >= 11 is 3.56. The fraction of sp³-hybridized carbons (Fsp3) is 0.667. The maximum atomic E-state index is 14.3. The van der Waals surface area contributed by atoms with E-state index in [1.807, 2.05) is 0 Å². The zero-order chi connectivity index (χ0) is 16.3. The van der Waals surface area contributed by atoms with Crippen molar-refractivity contribution in [2.24, 2.45) is 11.3 Å². The quantitative estimate of drug-likeness (QED) is 0.808. The maximum absolute atomic E-state index is 14.3. The molecule has 1 aromatic carbocycles. The van der Waals surface area contributed by atoms with Gasteiger partial charge in [0.1, 0.15) is 5.82 Å². The smallest absolute Gasteiger partial charge is 0.127 e. The van der Waals surface area contributed by atoms with Crippen molar-refractivity contribution in [3.63, 3.8) is 0 Å². The number of benzene rings is 1. The van der Waals surface area contributed by atoms with Crippen molar-refractivity contribution in [1.82, 2.24) is 4.90 Å². The third kappa shape index (κ3) is 2.18. The monoisotopic (exact) mass is 369 g/mol. The van der Waals surface area contributed by atoms with Crippen LogP contribution in [-0.4, -0.2) is 30.1 Å². The van der Waals surface area contributed by atoms with Crippen molar-refractivity contribution in [2.45, 2.75) is 45.6 Å². The minimum atomic E-state index is -0.944. The van der Waals surface area contributed by atoms with E-state index >= 15 is 0 Å². The van der Waals surface area contributed by atoms with Crippen LogP contribution in [0.4, 0.5) is 4.39 Å². The van der Waals surface area contributed by atoms with Gasteiger partial charge in [-0.2, -0.15) is 0 Å². The van der Waals surface area contributed by atoms with Gasteiger partial charge in [0.25, 0.3) is 0 Å². The summed E-state index contributed by atoms with van der Waals surface area (Å²) < 4.78 is 15.1. The number of hydrogen-bond donors (Lipinski definition) is 1. The number of rotatable bonds is 1. The lowest BCUT2D eigenvalue weighted by Crippen LogP contribution is -2.49. The predicted molar refractivity (Wildman–Crippen MR) is 90.4 cm³/mol. The van der Waals surface area contributed by atoms with Crippen LogP contribution in [0.2, 0.25) is 0 Å². The second-order valence-corrected chi connectivity index (χ2v) is 8.52. The summed E-state index contributed by atoms with van der Waals surface area (Å²) in [4.78, 5) is 2.30. The molecule has 4 heteroatoms. The molecule has 0 spiro atoms. The molecule has 2 nitrogen and oxygen atoms in total. The van der Waals surface area contributed by atoms with E-state index in [1.54, 1.807) is 13.0 Å². The molecule has 2 aliphatic rings. The Morgan fingerprint density at radius 1 is 1.32 bits per heavy atom. The van der Waals surface area contributed by atoms with Crippen LogP contribution in [0.15, 0.2) is 10.5 Å². The van der Waals surface area contributed by atoms with Crippen LogP contribution in [0, 0.1) is 24.1 Å². The van der Waals surface area contributed by atoms with Crippen molar-refractivity contribution in [1.29, 1.82) is 0 Å². The molecule has 22 heavy (non-hydrogen) atoms. The van der Waals surface area contributed by atoms with Crippen molar-refractivity contribution in [3.05, 3.63) is 33.0 Å². The molecular weight excluding hydrogens is 345 g/mol. The van der Waals surface area contributed by atoms with Crippen LogP contribution in [0.5, 0.6) is 0 Å². The van der Waals surface area contributed by atoms with Gasteiger partial charge in [-0.05, 0) is 75.0 Å². The zero-order valence-electron chi connectivity index (χ0n) is 13.8. The molecule has 0 radical (unpaired) electrons. The Bertz CT molecular complexity index is 608. The SMILES string of the molecule is Cc1c(F)cc2c(c1Br)CC(C)(C)C2(O)C1CCN(C)CC1. The van der Waals surface area contributed by atoms with E-state index in [-0.39, 0.29) is 17.2 Å². The number of piperidine rings is 1. The Labute approximate surface area is 140 Å². The average molecular weight is 370 g/mol. The van der Waals surface area contributed by atoms with Crippen LogP contribution in [0.25, 0.3) is 0 Å². The first-order chi connectivity index (χ1) is 10.2. The number of nitrogens with zero attached hydrogens (tertiary/aromatic N) is 1. The second-order valence-electron chi connectivity index (χ2n) is 7.73. The van der Waals surface area contributed by atoms with E-state index in [0.29, 0.717) is 5.56 Å². The zero-order valence-corrected chi connectivity index (χ0v) is 15.4. The van der Waals surface area contributed by atoms with Gasteiger partial charge in [0, 0.05) is 9.89 Å². The van der Waals surface area contributed by atoms with Crippen molar-refractivity contribution < 1.29 is 9.50 Å². The first-order valence-electron chi connectivity index (χ1n) is 8.07. The molecule has 3 rings (SSSR count). The van der Waals surface area contributed by atoms with Gasteiger partial charge in [0.2, 0.25) is 0 Å². The highest BCUT2D eigenvalue weighted by Gasteiger charge is 2.56. The number of hydrogen-bond acceptors (Lipinski definition) is 2. The van der Waals surface area contributed by atoms with Crippen LogP contribution >= 0.6 is 15.9 Å². The van der Waals surface area contributed by atoms with E-state index < -0.39 is 5.60 Å². The lowest BCUT2D eigenvalue weighted by atomic mass is 9.65. The molecule has 1 saturated heterocycles. The van der Waals surface area contributed by atoms with Crippen molar-refractivity contribution in [2.75, 3.05) is 20.1 Å². The average Bonchev–Trinajstić information content (AvgIpc) is 2.67. The Hall–Kier alpha value is -0.450. The normalized spacial score (nSPS) is 28.9. The summed E-state index contributed by atoms with van der Waals surface area (Å²) in [6.45, 7) is 8.01. The molecule has 1 heterocycles. The van der Waals surface area contributed by atoms with E-state index in [4.69, 9.17) is 0 Å². The van der Waals surface area contributed by atoms with Crippen molar-refractivity contribution >= 4 is 15.9 Å². The lowest BCUT2D eigenvalue weighted by molar-refractivity contribution is -0.121. The highest BCUT2D eigenvalue weighted by atomic mass is 79.9. The molecule has 1 aliphatic heterocycles. The van der Waals surface area contributed by atoms with Gasteiger partial charge in [-0.1, -0.05) is 29.8 Å². The van der Waals surface area contributed by atoms with Crippen LogP contribution in [-0.2, 0) is 12.0 Å². The summed E-state index contributed by atoms with van der Waals surface area (Å²) in [7, 11) is 2.12. The van der Waals surface area contributed by atoms with Crippen LogP contribution in [0.3, 0.4) is 0 Å². The molecule has 0 aromatic heterocycles. The Morgan fingerprint density at radius 3 is 2.50 bits per heavy atom. The number of halogens is 2. The van der Waals surface area contributed by atoms with Crippen LogP contribution in [0.1, 0.15) is 43.4 Å². The topological polar surface area (TPSA) is 23.5 Å². The molecule has 0 bridgehead atoms. The van der Waals surface area contributed by atoms with Gasteiger partial charge >= 0.3 is 0 Å². The Kier molecular flexibility index (Phi) is 3.94. The fourth-order valence-electron chi connectivity index (χ4n) is 4.42. The molecule has 122 valence electrons. The number of likely N-dealkylation sites (tertiary alicyclic amines) is 1. The highest BCUT2D eigenvalue weighted by Crippen LogP contribution is 2.57. The third-order valence-corrected chi connectivity index (χ3v) is 6.99. The molecule has 1 N–H and O–H groups in total. The van der Waals surface area contributed by atoms with Crippen molar-refractivity contribution in [3.8, 4) is 0 Å². The first-order valence-corrected chi connectivity index (χ1v) is 8.86. The number of fused-ring (bicyclic) bond motifs is 1. The highest BCUT2D eigenvalue weighted by molar-refractivity contribution is 9.10. The predicted octanol–water partition coefficient (Wildman–Crippen LogP) is 4.01. The van der Waals surface area contributed by atoms with Crippen LogP contribution < -0.4 is 0 Å². The van der Waals surface area contributed by atoms with E-state index in [9.17, 15) is 9.50 Å². The molecule has 0 amide bonds. The fourth-order valence-corrected chi connectivity index (χ4v) is 4.97. The maximum Gasteiger partial charge on any atom is 0.127 e. The minimum Gasteiger partial charge on any atom is -0.384 e. The summed E-state index contributed by atoms with van der Waals surface area (Å²) in [5.41, 5.74) is 1.31. The number of aliphatic hydroxyl groups is 1. The summed E-state index contributed by atoms with van der Waals surface area (Å²) in [6.07, 6.45) is 2.71. The molecule has 1 aromatic rings. The third-order valence-electron chi connectivity index (χ3n) is 5.92. The molecule has 1 aliphatic carbocycles. The van der Waals surface area contributed by atoms with E-state index in [0.717, 1.165) is 48.0 Å². The van der Waals surface area contributed by atoms with Gasteiger partial charge in [-0.15, -0.1) is 0 Å². The Morgan fingerprint density at radius 2 is 1.91 bits per heavy atom.